The number of benzene rings is 1. The van der Waals surface area contributed by atoms with Gasteiger partial charge in [0.2, 0.25) is 0 Å². The first-order valence-corrected chi connectivity index (χ1v) is 9.42. The van der Waals surface area contributed by atoms with Crippen LogP contribution >= 0.6 is 11.6 Å². The lowest BCUT2D eigenvalue weighted by Gasteiger charge is -2.11. The lowest BCUT2D eigenvalue weighted by molar-refractivity contribution is -0.137. The molecular weight excluding hydrogens is 419 g/mol. The third-order valence-electron chi connectivity index (χ3n) is 4.39. The summed E-state index contributed by atoms with van der Waals surface area (Å²) >= 11 is 5.85. The van der Waals surface area contributed by atoms with Gasteiger partial charge in [-0.15, -0.1) is 0 Å². The van der Waals surface area contributed by atoms with E-state index in [-0.39, 0.29) is 29.8 Å². The second kappa shape index (κ2) is 8.74. The van der Waals surface area contributed by atoms with E-state index in [4.69, 9.17) is 11.6 Å². The number of halogens is 4. The summed E-state index contributed by atoms with van der Waals surface area (Å²) in [4.78, 5) is 16.3. The number of alkyl halides is 3. The van der Waals surface area contributed by atoms with E-state index in [0.29, 0.717) is 23.1 Å². The number of amides is 1. The molecule has 0 fully saturated rings. The number of nitrogens with zero attached hydrogens (tertiary/aromatic N) is 3. The van der Waals surface area contributed by atoms with Crippen LogP contribution < -0.4 is 10.6 Å². The number of para-hydroxylation sites is 1. The summed E-state index contributed by atoms with van der Waals surface area (Å²) in [5.41, 5.74) is 1.70. The molecule has 6 nitrogen and oxygen atoms in total. The second-order valence-corrected chi connectivity index (χ2v) is 6.94. The first-order chi connectivity index (χ1) is 14.2. The SMILES string of the molecule is Cc1nn(-c2ccccc2)c(C)c1C(=O)NCCNc1ncc(C(F)(F)F)cc1Cl. The minimum Gasteiger partial charge on any atom is -0.367 e. The van der Waals surface area contributed by atoms with Gasteiger partial charge in [-0.25, -0.2) is 9.67 Å². The number of carbonyl (C=O) groups is 1. The van der Waals surface area contributed by atoms with E-state index in [1.165, 1.54) is 0 Å². The molecule has 0 atom stereocenters. The van der Waals surface area contributed by atoms with Gasteiger partial charge in [-0.3, -0.25) is 4.79 Å². The highest BCUT2D eigenvalue weighted by molar-refractivity contribution is 6.32. The Hall–Kier alpha value is -3.07. The van der Waals surface area contributed by atoms with Gasteiger partial charge in [0.15, 0.2) is 0 Å². The Balaban J connectivity index is 1.60. The molecule has 3 rings (SSSR count). The summed E-state index contributed by atoms with van der Waals surface area (Å²) in [6.07, 6.45) is -3.81. The van der Waals surface area contributed by atoms with E-state index >= 15 is 0 Å². The highest BCUT2D eigenvalue weighted by Gasteiger charge is 2.31. The Morgan fingerprint density at radius 1 is 1.17 bits per heavy atom. The fraction of sp³-hybridized carbons (Fsp3) is 0.250. The van der Waals surface area contributed by atoms with Crippen LogP contribution in [0, 0.1) is 13.8 Å². The molecule has 10 heteroatoms. The summed E-state index contributed by atoms with van der Waals surface area (Å²) in [7, 11) is 0. The Morgan fingerprint density at radius 3 is 2.50 bits per heavy atom. The molecule has 1 aromatic carbocycles. The van der Waals surface area contributed by atoms with E-state index in [9.17, 15) is 18.0 Å². The molecule has 1 amide bonds. The van der Waals surface area contributed by atoms with Crippen LogP contribution in [0.5, 0.6) is 0 Å². The molecule has 0 aliphatic heterocycles. The van der Waals surface area contributed by atoms with Gasteiger partial charge in [-0.05, 0) is 32.0 Å². The van der Waals surface area contributed by atoms with Crippen molar-refractivity contribution in [2.24, 2.45) is 0 Å². The molecule has 0 spiro atoms. The van der Waals surface area contributed by atoms with Gasteiger partial charge in [0, 0.05) is 19.3 Å². The summed E-state index contributed by atoms with van der Waals surface area (Å²) in [5, 5.41) is 9.87. The topological polar surface area (TPSA) is 71.8 Å². The maximum atomic E-state index is 12.7. The van der Waals surface area contributed by atoms with Gasteiger partial charge < -0.3 is 10.6 Å². The van der Waals surface area contributed by atoms with Crippen molar-refractivity contribution in [1.29, 1.82) is 0 Å². The number of hydrogen-bond donors (Lipinski definition) is 2. The molecule has 0 saturated carbocycles. The quantitative estimate of drug-likeness (QED) is 0.561. The second-order valence-electron chi connectivity index (χ2n) is 6.53. The first-order valence-electron chi connectivity index (χ1n) is 9.05. The molecule has 30 heavy (non-hydrogen) atoms. The zero-order chi connectivity index (χ0) is 21.9. The molecule has 2 N–H and O–H groups in total. The van der Waals surface area contributed by atoms with Crippen molar-refractivity contribution in [2.75, 3.05) is 18.4 Å². The van der Waals surface area contributed by atoms with Crippen LogP contribution in [0.3, 0.4) is 0 Å². The lowest BCUT2D eigenvalue weighted by atomic mass is 10.2. The number of hydrogen-bond acceptors (Lipinski definition) is 4. The van der Waals surface area contributed by atoms with E-state index in [1.807, 2.05) is 37.3 Å². The molecule has 0 aliphatic rings. The van der Waals surface area contributed by atoms with Gasteiger partial charge >= 0.3 is 6.18 Å². The molecular formula is C20H19ClF3N5O. The highest BCUT2D eigenvalue weighted by Crippen LogP contribution is 2.32. The monoisotopic (exact) mass is 437 g/mol. The molecule has 3 aromatic rings. The average Bonchev–Trinajstić information content (AvgIpc) is 3.00. The number of aryl methyl sites for hydroxylation is 1. The maximum absolute atomic E-state index is 12.7. The number of rotatable bonds is 6. The van der Waals surface area contributed by atoms with Crippen molar-refractivity contribution in [2.45, 2.75) is 20.0 Å². The Kier molecular flexibility index (Phi) is 6.31. The minimum absolute atomic E-state index is 0.114. The van der Waals surface area contributed by atoms with Crippen molar-refractivity contribution in [1.82, 2.24) is 20.1 Å². The van der Waals surface area contributed by atoms with Crippen molar-refractivity contribution in [3.05, 3.63) is 70.1 Å². The minimum atomic E-state index is -4.51. The van der Waals surface area contributed by atoms with Gasteiger partial charge in [0.25, 0.3) is 5.91 Å². The zero-order valence-corrected chi connectivity index (χ0v) is 17.0. The molecule has 2 heterocycles. The zero-order valence-electron chi connectivity index (χ0n) is 16.2. The van der Waals surface area contributed by atoms with Crippen LogP contribution in [-0.4, -0.2) is 33.8 Å². The Morgan fingerprint density at radius 2 is 1.87 bits per heavy atom. The maximum Gasteiger partial charge on any atom is 0.417 e. The van der Waals surface area contributed by atoms with Gasteiger partial charge in [0.05, 0.1) is 33.2 Å². The van der Waals surface area contributed by atoms with Gasteiger partial charge in [0.1, 0.15) is 5.82 Å². The molecule has 2 aromatic heterocycles. The van der Waals surface area contributed by atoms with Gasteiger partial charge in [-0.2, -0.15) is 18.3 Å². The number of aromatic nitrogens is 3. The smallest absolute Gasteiger partial charge is 0.367 e. The Bertz CT molecular complexity index is 1050. The molecule has 0 radical (unpaired) electrons. The van der Waals surface area contributed by atoms with Crippen molar-refractivity contribution >= 4 is 23.3 Å². The summed E-state index contributed by atoms with van der Waals surface area (Å²) in [6.45, 7) is 4.01. The third kappa shape index (κ3) is 4.73. The van der Waals surface area contributed by atoms with Crippen LogP contribution in [0.2, 0.25) is 5.02 Å². The predicted molar refractivity (Wildman–Crippen MR) is 108 cm³/mol. The van der Waals surface area contributed by atoms with Crippen molar-refractivity contribution in [3.63, 3.8) is 0 Å². The standard InChI is InChI=1S/C20H19ClF3N5O/c1-12-17(13(2)29(28-12)15-6-4-3-5-7-15)19(30)26-9-8-25-18-16(21)10-14(11-27-18)20(22,23)24/h3-7,10-11H,8-9H2,1-2H3,(H,25,27)(H,26,30). The first kappa shape index (κ1) is 21.6. The number of carbonyl (C=O) groups excluding carboxylic acids is 1. The largest absolute Gasteiger partial charge is 0.417 e. The number of nitrogens with one attached hydrogen (secondary N) is 2. The molecule has 0 aliphatic carbocycles. The van der Waals surface area contributed by atoms with E-state index in [2.05, 4.69) is 20.7 Å². The predicted octanol–water partition coefficient (Wildman–Crippen LogP) is 4.40. The lowest BCUT2D eigenvalue weighted by Crippen LogP contribution is -2.29. The van der Waals surface area contributed by atoms with Crippen LogP contribution in [0.15, 0.2) is 42.6 Å². The van der Waals surface area contributed by atoms with Crippen molar-refractivity contribution < 1.29 is 18.0 Å². The molecule has 158 valence electrons. The van der Waals surface area contributed by atoms with Crippen molar-refractivity contribution in [3.8, 4) is 5.69 Å². The summed E-state index contributed by atoms with van der Waals surface area (Å²) in [6, 6.07) is 10.3. The van der Waals surface area contributed by atoms with E-state index in [1.54, 1.807) is 11.6 Å². The van der Waals surface area contributed by atoms with Crippen LogP contribution in [0.4, 0.5) is 19.0 Å². The fourth-order valence-corrected chi connectivity index (χ4v) is 3.19. The number of anilines is 1. The molecule has 0 bridgehead atoms. The third-order valence-corrected chi connectivity index (χ3v) is 4.68. The van der Waals surface area contributed by atoms with Crippen LogP contribution in [-0.2, 0) is 6.18 Å². The van der Waals surface area contributed by atoms with Crippen LogP contribution in [0.1, 0.15) is 27.3 Å². The molecule has 0 saturated heterocycles. The van der Waals surface area contributed by atoms with Crippen LogP contribution in [0.25, 0.3) is 5.69 Å². The summed E-state index contributed by atoms with van der Waals surface area (Å²) in [5.74, 6) is -0.177. The van der Waals surface area contributed by atoms with Gasteiger partial charge in [-0.1, -0.05) is 29.8 Å². The van der Waals surface area contributed by atoms with E-state index < -0.39 is 11.7 Å². The fourth-order valence-electron chi connectivity index (χ4n) is 2.96. The Labute approximate surface area is 176 Å². The highest BCUT2D eigenvalue weighted by atomic mass is 35.5. The normalized spacial score (nSPS) is 11.4. The summed E-state index contributed by atoms with van der Waals surface area (Å²) < 4.78 is 39.7. The molecule has 0 unspecified atom stereocenters. The number of pyridine rings is 1. The van der Waals surface area contributed by atoms with E-state index in [0.717, 1.165) is 11.8 Å². The average molecular weight is 438 g/mol.